The minimum atomic E-state index is 0.729. The quantitative estimate of drug-likeness (QED) is 0.742. The summed E-state index contributed by atoms with van der Waals surface area (Å²) in [5.41, 5.74) is 1.32. The Hall–Kier alpha value is -1.06. The van der Waals surface area contributed by atoms with E-state index in [0.717, 1.165) is 31.5 Å². The minimum absolute atomic E-state index is 0.729. The van der Waals surface area contributed by atoms with Crippen LogP contribution in [0, 0.1) is 0 Å². The molecule has 3 heteroatoms. The number of rotatable bonds is 8. The van der Waals surface area contributed by atoms with E-state index in [2.05, 4.69) is 41.4 Å². The predicted octanol–water partition coefficient (Wildman–Crippen LogP) is 3.44. The van der Waals surface area contributed by atoms with E-state index in [0.29, 0.717) is 0 Å². The number of nitrogens with one attached hydrogen (secondary N) is 1. The Bertz CT molecular complexity index is 391. The maximum atomic E-state index is 5.46. The molecule has 1 aliphatic heterocycles. The average molecular weight is 290 g/mol. The molecule has 1 aliphatic rings. The average Bonchev–Trinajstić information content (AvgIpc) is 2.51. The summed E-state index contributed by atoms with van der Waals surface area (Å²) in [5, 5.41) is 3.54. The molecule has 1 aromatic carbocycles. The number of ether oxygens (including phenoxy) is 1. The second-order valence-corrected chi connectivity index (χ2v) is 5.99. The number of nitrogens with zero attached hydrogens (tertiary/aromatic N) is 1. The van der Waals surface area contributed by atoms with Gasteiger partial charge in [-0.2, -0.15) is 0 Å². The SMILES string of the molecule is CCOc1ccc(CNCCCN2CCCC[C@@H]2C)cc1. The maximum Gasteiger partial charge on any atom is 0.119 e. The Balaban J connectivity index is 1.58. The largest absolute Gasteiger partial charge is 0.494 e. The Kier molecular flexibility index (Phi) is 7.04. The highest BCUT2D eigenvalue weighted by molar-refractivity contribution is 5.27. The molecule has 118 valence electrons. The van der Waals surface area contributed by atoms with E-state index in [9.17, 15) is 0 Å². The summed E-state index contributed by atoms with van der Waals surface area (Å²) in [5.74, 6) is 0.959. The monoisotopic (exact) mass is 290 g/mol. The highest BCUT2D eigenvalue weighted by atomic mass is 16.5. The van der Waals surface area contributed by atoms with Crippen LogP contribution in [0.5, 0.6) is 5.75 Å². The molecule has 1 fully saturated rings. The van der Waals surface area contributed by atoms with E-state index in [4.69, 9.17) is 4.74 Å². The van der Waals surface area contributed by atoms with Gasteiger partial charge in [-0.25, -0.2) is 0 Å². The molecular weight excluding hydrogens is 260 g/mol. The summed E-state index contributed by atoms with van der Waals surface area (Å²) in [6, 6.07) is 9.17. The molecule has 3 nitrogen and oxygen atoms in total. The smallest absolute Gasteiger partial charge is 0.119 e. The summed E-state index contributed by atoms with van der Waals surface area (Å²) < 4.78 is 5.46. The van der Waals surface area contributed by atoms with Gasteiger partial charge in [0.25, 0.3) is 0 Å². The molecule has 0 spiro atoms. The second-order valence-electron chi connectivity index (χ2n) is 5.99. The van der Waals surface area contributed by atoms with Gasteiger partial charge in [-0.1, -0.05) is 18.6 Å². The van der Waals surface area contributed by atoms with Gasteiger partial charge in [0.1, 0.15) is 5.75 Å². The molecule has 0 aliphatic carbocycles. The van der Waals surface area contributed by atoms with Crippen molar-refractivity contribution < 1.29 is 4.74 Å². The molecule has 1 N–H and O–H groups in total. The molecule has 1 heterocycles. The van der Waals surface area contributed by atoms with Crippen molar-refractivity contribution in [2.24, 2.45) is 0 Å². The van der Waals surface area contributed by atoms with Gasteiger partial charge in [-0.15, -0.1) is 0 Å². The number of hydrogen-bond acceptors (Lipinski definition) is 3. The number of likely N-dealkylation sites (tertiary alicyclic amines) is 1. The van der Waals surface area contributed by atoms with Crippen LogP contribution in [0.1, 0.15) is 45.1 Å². The molecule has 21 heavy (non-hydrogen) atoms. The minimum Gasteiger partial charge on any atom is -0.494 e. The van der Waals surface area contributed by atoms with Crippen LogP contribution < -0.4 is 10.1 Å². The zero-order chi connectivity index (χ0) is 14.9. The van der Waals surface area contributed by atoms with Gasteiger partial charge in [-0.05, 0) is 70.4 Å². The van der Waals surface area contributed by atoms with Gasteiger partial charge < -0.3 is 15.0 Å². The standard InChI is InChI=1S/C18H30N2O/c1-3-21-18-10-8-17(9-11-18)15-19-12-6-14-20-13-5-4-7-16(20)2/h8-11,16,19H,3-7,12-15H2,1-2H3/t16-/m0/s1. The lowest BCUT2D eigenvalue weighted by molar-refractivity contribution is 0.159. The van der Waals surface area contributed by atoms with Crippen molar-refractivity contribution >= 4 is 0 Å². The van der Waals surface area contributed by atoms with Crippen LogP contribution in [0.15, 0.2) is 24.3 Å². The molecule has 2 rings (SSSR count). The number of hydrogen-bond donors (Lipinski definition) is 1. The molecule has 1 aromatic rings. The molecule has 0 saturated carbocycles. The molecule has 0 radical (unpaired) electrons. The van der Waals surface area contributed by atoms with Crippen LogP contribution in [-0.4, -0.2) is 37.2 Å². The fourth-order valence-electron chi connectivity index (χ4n) is 3.00. The highest BCUT2D eigenvalue weighted by Crippen LogP contribution is 2.16. The van der Waals surface area contributed by atoms with E-state index >= 15 is 0 Å². The zero-order valence-electron chi connectivity index (χ0n) is 13.6. The third-order valence-electron chi connectivity index (χ3n) is 4.30. The number of benzene rings is 1. The van der Waals surface area contributed by atoms with Crippen LogP contribution in [0.3, 0.4) is 0 Å². The molecule has 0 amide bonds. The van der Waals surface area contributed by atoms with Crippen molar-refractivity contribution in [1.29, 1.82) is 0 Å². The first kappa shape index (κ1) is 16.3. The van der Waals surface area contributed by atoms with E-state index < -0.39 is 0 Å². The van der Waals surface area contributed by atoms with Crippen LogP contribution in [0.25, 0.3) is 0 Å². The van der Waals surface area contributed by atoms with Crippen LogP contribution >= 0.6 is 0 Å². The molecule has 1 atom stereocenters. The number of piperidine rings is 1. The van der Waals surface area contributed by atoms with Crippen molar-refractivity contribution in [2.75, 3.05) is 26.2 Å². The van der Waals surface area contributed by atoms with Gasteiger partial charge in [0.05, 0.1) is 6.61 Å². The second kappa shape index (κ2) is 9.06. The Morgan fingerprint density at radius 2 is 2.05 bits per heavy atom. The topological polar surface area (TPSA) is 24.5 Å². The van der Waals surface area contributed by atoms with Crippen molar-refractivity contribution in [3.8, 4) is 5.75 Å². The van der Waals surface area contributed by atoms with Crippen LogP contribution in [-0.2, 0) is 6.54 Å². The first-order chi connectivity index (χ1) is 10.3. The van der Waals surface area contributed by atoms with Crippen molar-refractivity contribution in [3.63, 3.8) is 0 Å². The third-order valence-corrected chi connectivity index (χ3v) is 4.30. The van der Waals surface area contributed by atoms with E-state index in [1.807, 2.05) is 6.92 Å². The third kappa shape index (κ3) is 5.68. The Morgan fingerprint density at radius 3 is 2.76 bits per heavy atom. The lowest BCUT2D eigenvalue weighted by Crippen LogP contribution is -2.38. The fourth-order valence-corrected chi connectivity index (χ4v) is 3.00. The molecule has 1 saturated heterocycles. The summed E-state index contributed by atoms with van der Waals surface area (Å²) in [7, 11) is 0. The molecular formula is C18H30N2O. The van der Waals surface area contributed by atoms with Crippen LogP contribution in [0.2, 0.25) is 0 Å². The zero-order valence-corrected chi connectivity index (χ0v) is 13.6. The lowest BCUT2D eigenvalue weighted by atomic mass is 10.0. The molecule has 0 bridgehead atoms. The first-order valence-corrected chi connectivity index (χ1v) is 8.46. The normalized spacial score (nSPS) is 19.6. The van der Waals surface area contributed by atoms with Crippen LogP contribution in [0.4, 0.5) is 0 Å². The summed E-state index contributed by atoms with van der Waals surface area (Å²) in [6.45, 7) is 9.67. The van der Waals surface area contributed by atoms with Gasteiger partial charge in [0.2, 0.25) is 0 Å². The van der Waals surface area contributed by atoms with E-state index in [-0.39, 0.29) is 0 Å². The lowest BCUT2D eigenvalue weighted by Gasteiger charge is -2.33. The fraction of sp³-hybridized carbons (Fsp3) is 0.667. The van der Waals surface area contributed by atoms with Gasteiger partial charge in [-0.3, -0.25) is 0 Å². The van der Waals surface area contributed by atoms with Gasteiger partial charge >= 0.3 is 0 Å². The van der Waals surface area contributed by atoms with Crippen molar-refractivity contribution in [2.45, 2.75) is 52.1 Å². The van der Waals surface area contributed by atoms with Crippen molar-refractivity contribution in [1.82, 2.24) is 10.2 Å². The van der Waals surface area contributed by atoms with E-state index in [1.54, 1.807) is 0 Å². The summed E-state index contributed by atoms with van der Waals surface area (Å²) >= 11 is 0. The Labute approximate surface area is 129 Å². The summed E-state index contributed by atoms with van der Waals surface area (Å²) in [4.78, 5) is 2.64. The van der Waals surface area contributed by atoms with Gasteiger partial charge in [0, 0.05) is 12.6 Å². The van der Waals surface area contributed by atoms with E-state index in [1.165, 1.54) is 44.3 Å². The summed E-state index contributed by atoms with van der Waals surface area (Å²) in [6.07, 6.45) is 5.40. The molecule has 0 aromatic heterocycles. The Morgan fingerprint density at radius 1 is 1.24 bits per heavy atom. The molecule has 0 unspecified atom stereocenters. The van der Waals surface area contributed by atoms with Gasteiger partial charge in [0.15, 0.2) is 0 Å². The van der Waals surface area contributed by atoms with Crippen molar-refractivity contribution in [3.05, 3.63) is 29.8 Å². The predicted molar refractivity (Wildman–Crippen MR) is 88.8 cm³/mol. The highest BCUT2D eigenvalue weighted by Gasteiger charge is 2.16. The maximum absolute atomic E-state index is 5.46. The first-order valence-electron chi connectivity index (χ1n) is 8.46.